The van der Waals surface area contributed by atoms with E-state index in [4.69, 9.17) is 5.73 Å². The van der Waals surface area contributed by atoms with Gasteiger partial charge in [-0.05, 0) is 12.2 Å². The van der Waals surface area contributed by atoms with E-state index in [2.05, 4.69) is 28.6 Å². The van der Waals surface area contributed by atoms with Gasteiger partial charge < -0.3 is 10.6 Å². The maximum absolute atomic E-state index is 5.60. The van der Waals surface area contributed by atoms with Crippen LogP contribution < -0.4 is 11.1 Å². The number of hydrogen-bond acceptors (Lipinski definition) is 3. The van der Waals surface area contributed by atoms with Crippen molar-refractivity contribution in [1.82, 2.24) is 10.2 Å². The van der Waals surface area contributed by atoms with E-state index >= 15 is 0 Å². The van der Waals surface area contributed by atoms with Gasteiger partial charge in [0.15, 0.2) is 0 Å². The van der Waals surface area contributed by atoms with Crippen LogP contribution >= 0.6 is 0 Å². The molecule has 0 amide bonds. The lowest BCUT2D eigenvalue weighted by Gasteiger charge is -2.26. The fourth-order valence-electron chi connectivity index (χ4n) is 1.60. The van der Waals surface area contributed by atoms with E-state index in [0.717, 1.165) is 13.1 Å². The largest absolute Gasteiger partial charge is 0.353 e. The molecule has 1 saturated heterocycles. The van der Waals surface area contributed by atoms with Crippen LogP contribution in [0.1, 0.15) is 0 Å². The molecular weight excluding hydrogens is 138 g/mol. The molecule has 0 saturated carbocycles. The van der Waals surface area contributed by atoms with Gasteiger partial charge in [-0.2, -0.15) is 0 Å². The Hall–Kier alpha value is -0.800. The highest BCUT2D eigenvalue weighted by atomic mass is 15.3. The summed E-state index contributed by atoms with van der Waals surface area (Å²) in [4.78, 5) is 2.26. The Balaban J connectivity index is 2.13. The standard InChI is InChI=1S/C8H13N3/c9-5-7-6-10-8-3-1-2-4-11(7)8/h1-4,7-8,10H,5-6,9H2/t7-,8+/m1/s1. The monoisotopic (exact) mass is 151 g/mol. The van der Waals surface area contributed by atoms with E-state index < -0.39 is 0 Å². The number of fused-ring (bicyclic) bond motifs is 1. The average molecular weight is 151 g/mol. The van der Waals surface area contributed by atoms with Crippen LogP contribution in [0.25, 0.3) is 0 Å². The molecule has 0 aromatic rings. The molecule has 0 unspecified atom stereocenters. The van der Waals surface area contributed by atoms with Crippen molar-refractivity contribution in [2.75, 3.05) is 13.1 Å². The molecule has 2 atom stereocenters. The zero-order chi connectivity index (χ0) is 7.68. The molecule has 0 aromatic heterocycles. The molecule has 3 heteroatoms. The minimum Gasteiger partial charge on any atom is -0.353 e. The first kappa shape index (κ1) is 6.88. The molecule has 0 aromatic carbocycles. The van der Waals surface area contributed by atoms with E-state index in [0.29, 0.717) is 12.2 Å². The summed E-state index contributed by atoms with van der Waals surface area (Å²) in [5.74, 6) is 0. The van der Waals surface area contributed by atoms with E-state index in [-0.39, 0.29) is 0 Å². The van der Waals surface area contributed by atoms with Gasteiger partial charge in [0.25, 0.3) is 0 Å². The van der Waals surface area contributed by atoms with Gasteiger partial charge in [0.2, 0.25) is 0 Å². The van der Waals surface area contributed by atoms with E-state index in [1.165, 1.54) is 0 Å². The fourth-order valence-corrected chi connectivity index (χ4v) is 1.60. The van der Waals surface area contributed by atoms with Crippen LogP contribution in [-0.4, -0.2) is 30.2 Å². The van der Waals surface area contributed by atoms with Gasteiger partial charge in [-0.25, -0.2) is 0 Å². The number of nitrogens with one attached hydrogen (secondary N) is 1. The number of nitrogens with zero attached hydrogens (tertiary/aromatic N) is 1. The van der Waals surface area contributed by atoms with Crippen LogP contribution in [0.2, 0.25) is 0 Å². The van der Waals surface area contributed by atoms with Gasteiger partial charge in [0, 0.05) is 19.3 Å². The smallest absolute Gasteiger partial charge is 0.0989 e. The molecule has 0 radical (unpaired) electrons. The van der Waals surface area contributed by atoms with Crippen molar-refractivity contribution in [3.8, 4) is 0 Å². The maximum atomic E-state index is 5.60. The van der Waals surface area contributed by atoms with Crippen LogP contribution in [0, 0.1) is 0 Å². The number of nitrogens with two attached hydrogens (primary N) is 1. The minimum absolute atomic E-state index is 0.383. The molecule has 3 nitrogen and oxygen atoms in total. The Morgan fingerprint density at radius 3 is 3.27 bits per heavy atom. The van der Waals surface area contributed by atoms with Crippen molar-refractivity contribution in [3.63, 3.8) is 0 Å². The predicted octanol–water partition coefficient (Wildman–Crippen LogP) is -0.371. The van der Waals surface area contributed by atoms with Crippen molar-refractivity contribution in [2.24, 2.45) is 5.73 Å². The molecular formula is C8H13N3. The highest BCUT2D eigenvalue weighted by Gasteiger charge is 2.28. The molecule has 2 rings (SSSR count). The molecule has 0 spiro atoms. The van der Waals surface area contributed by atoms with Gasteiger partial charge >= 0.3 is 0 Å². The number of hydrogen-bond donors (Lipinski definition) is 2. The number of rotatable bonds is 1. The minimum atomic E-state index is 0.383. The van der Waals surface area contributed by atoms with Gasteiger partial charge in [0.05, 0.1) is 12.2 Å². The Morgan fingerprint density at radius 1 is 1.55 bits per heavy atom. The second kappa shape index (κ2) is 2.68. The van der Waals surface area contributed by atoms with Crippen molar-refractivity contribution < 1.29 is 0 Å². The molecule has 2 aliphatic rings. The summed E-state index contributed by atoms with van der Waals surface area (Å²) in [7, 11) is 0. The highest BCUT2D eigenvalue weighted by molar-refractivity contribution is 5.16. The first-order chi connectivity index (χ1) is 5.42. The summed E-state index contributed by atoms with van der Waals surface area (Å²) < 4.78 is 0. The summed E-state index contributed by atoms with van der Waals surface area (Å²) in [6.07, 6.45) is 8.74. The zero-order valence-corrected chi connectivity index (χ0v) is 6.40. The topological polar surface area (TPSA) is 41.3 Å². The quantitative estimate of drug-likeness (QED) is 0.537. The van der Waals surface area contributed by atoms with Crippen molar-refractivity contribution in [3.05, 3.63) is 24.4 Å². The fraction of sp³-hybridized carbons (Fsp3) is 0.500. The van der Waals surface area contributed by atoms with Gasteiger partial charge in [0.1, 0.15) is 0 Å². The Kier molecular flexibility index (Phi) is 1.68. The van der Waals surface area contributed by atoms with E-state index in [1.54, 1.807) is 0 Å². The molecule has 2 heterocycles. The van der Waals surface area contributed by atoms with Crippen LogP contribution in [0.5, 0.6) is 0 Å². The molecule has 1 fully saturated rings. The summed E-state index contributed by atoms with van der Waals surface area (Å²) >= 11 is 0. The SMILES string of the molecule is NC[C@@H]1CN[C@@H]2C=CC=CN12. The average Bonchev–Trinajstić information content (AvgIpc) is 2.47. The lowest BCUT2D eigenvalue weighted by Crippen LogP contribution is -2.38. The summed E-state index contributed by atoms with van der Waals surface area (Å²) in [6, 6.07) is 0.473. The van der Waals surface area contributed by atoms with Gasteiger partial charge in [-0.1, -0.05) is 6.08 Å². The molecule has 11 heavy (non-hydrogen) atoms. The summed E-state index contributed by atoms with van der Waals surface area (Å²) in [5.41, 5.74) is 5.60. The van der Waals surface area contributed by atoms with E-state index in [1.807, 2.05) is 6.08 Å². The third-order valence-electron chi connectivity index (χ3n) is 2.24. The molecule has 0 aliphatic carbocycles. The molecule has 3 N–H and O–H groups in total. The maximum Gasteiger partial charge on any atom is 0.0989 e. The third kappa shape index (κ3) is 1.06. The molecule has 60 valence electrons. The van der Waals surface area contributed by atoms with Crippen molar-refractivity contribution >= 4 is 0 Å². The van der Waals surface area contributed by atoms with Gasteiger partial charge in [-0.15, -0.1) is 0 Å². The second-order valence-electron chi connectivity index (χ2n) is 2.92. The van der Waals surface area contributed by atoms with Crippen LogP contribution in [0.4, 0.5) is 0 Å². The summed E-state index contributed by atoms with van der Waals surface area (Å²) in [5, 5.41) is 3.37. The van der Waals surface area contributed by atoms with Crippen LogP contribution in [-0.2, 0) is 0 Å². The lowest BCUT2D eigenvalue weighted by molar-refractivity contribution is 0.309. The van der Waals surface area contributed by atoms with Crippen LogP contribution in [0.3, 0.4) is 0 Å². The highest BCUT2D eigenvalue weighted by Crippen LogP contribution is 2.15. The molecule has 0 bridgehead atoms. The Morgan fingerprint density at radius 2 is 2.45 bits per heavy atom. The van der Waals surface area contributed by atoms with Crippen molar-refractivity contribution in [1.29, 1.82) is 0 Å². The zero-order valence-electron chi connectivity index (χ0n) is 6.40. The first-order valence-electron chi connectivity index (χ1n) is 3.97. The molecule has 2 aliphatic heterocycles. The van der Waals surface area contributed by atoms with Crippen molar-refractivity contribution in [2.45, 2.75) is 12.2 Å². The lowest BCUT2D eigenvalue weighted by atomic mass is 10.2. The predicted molar refractivity (Wildman–Crippen MR) is 44.8 cm³/mol. The Labute approximate surface area is 66.6 Å². The van der Waals surface area contributed by atoms with Crippen LogP contribution in [0.15, 0.2) is 24.4 Å². The number of allylic oxidation sites excluding steroid dienone is 2. The summed E-state index contributed by atoms with van der Waals surface area (Å²) in [6.45, 7) is 1.72. The third-order valence-corrected chi connectivity index (χ3v) is 2.24. The Bertz CT molecular complexity index is 198. The first-order valence-corrected chi connectivity index (χ1v) is 3.97. The van der Waals surface area contributed by atoms with E-state index in [9.17, 15) is 0 Å². The normalized spacial score (nSPS) is 34.5. The second-order valence-corrected chi connectivity index (χ2v) is 2.92. The van der Waals surface area contributed by atoms with Gasteiger partial charge in [-0.3, -0.25) is 5.32 Å².